The minimum atomic E-state index is -0.262. The normalized spacial score (nSPS) is 28.4. The van der Waals surface area contributed by atoms with Gasteiger partial charge in [-0.3, -0.25) is 19.3 Å². The van der Waals surface area contributed by atoms with Crippen LogP contribution >= 0.6 is 0 Å². The van der Waals surface area contributed by atoms with E-state index in [2.05, 4.69) is 0 Å². The summed E-state index contributed by atoms with van der Waals surface area (Å²) in [5.74, 6) is -0.644. The molecule has 4 rings (SSSR count). The highest BCUT2D eigenvalue weighted by Gasteiger charge is 2.50. The third-order valence-corrected chi connectivity index (χ3v) is 5.89. The summed E-state index contributed by atoms with van der Waals surface area (Å²) in [6.45, 7) is 3.60. The average Bonchev–Trinajstić information content (AvgIpc) is 2.94. The first-order valence-electron chi connectivity index (χ1n) is 9.52. The van der Waals surface area contributed by atoms with Crippen LogP contribution < -0.4 is 4.90 Å². The van der Waals surface area contributed by atoms with E-state index < -0.39 is 0 Å². The van der Waals surface area contributed by atoms with Gasteiger partial charge in [0.2, 0.25) is 11.8 Å². The van der Waals surface area contributed by atoms with E-state index in [4.69, 9.17) is 0 Å². The predicted octanol–water partition coefficient (Wildman–Crippen LogP) is 3.01. The van der Waals surface area contributed by atoms with E-state index in [1.54, 1.807) is 24.3 Å². The van der Waals surface area contributed by atoms with Crippen LogP contribution in [0.1, 0.15) is 43.0 Å². The van der Waals surface area contributed by atoms with E-state index in [-0.39, 0.29) is 35.5 Å². The highest BCUT2D eigenvalue weighted by atomic mass is 16.2. The number of allylic oxidation sites excluding steroid dienone is 2. The Morgan fingerprint density at radius 2 is 1.69 bits per heavy atom. The van der Waals surface area contributed by atoms with Crippen molar-refractivity contribution in [1.29, 1.82) is 0 Å². The number of carbonyl (C=O) groups is 3. The van der Waals surface area contributed by atoms with E-state index in [0.717, 1.165) is 25.9 Å². The molecule has 5 nitrogen and oxygen atoms in total. The molecule has 1 aromatic rings. The van der Waals surface area contributed by atoms with Crippen molar-refractivity contribution < 1.29 is 14.4 Å². The molecule has 0 radical (unpaired) electrons. The number of anilines is 1. The van der Waals surface area contributed by atoms with Crippen LogP contribution in [0, 0.1) is 17.8 Å². The second kappa shape index (κ2) is 6.71. The van der Waals surface area contributed by atoms with Gasteiger partial charge in [-0.2, -0.15) is 0 Å². The molecule has 5 heteroatoms. The number of imide groups is 1. The van der Waals surface area contributed by atoms with Gasteiger partial charge in [0, 0.05) is 18.7 Å². The number of likely N-dealkylation sites (tertiary alicyclic amines) is 1. The highest BCUT2D eigenvalue weighted by molar-refractivity contribution is 6.22. The van der Waals surface area contributed by atoms with Gasteiger partial charge in [-0.05, 0) is 55.9 Å². The second-order valence-corrected chi connectivity index (χ2v) is 7.57. The third-order valence-electron chi connectivity index (χ3n) is 5.89. The van der Waals surface area contributed by atoms with Crippen molar-refractivity contribution in [1.82, 2.24) is 4.90 Å². The van der Waals surface area contributed by atoms with Gasteiger partial charge in [-0.1, -0.05) is 19.1 Å². The molecule has 1 aliphatic carbocycles. The molecule has 2 fully saturated rings. The Labute approximate surface area is 153 Å². The van der Waals surface area contributed by atoms with Crippen LogP contribution in [0.5, 0.6) is 0 Å². The number of amides is 3. The lowest BCUT2D eigenvalue weighted by molar-refractivity contribution is -0.122. The lowest BCUT2D eigenvalue weighted by atomic mass is 9.78. The van der Waals surface area contributed by atoms with E-state index >= 15 is 0 Å². The smallest absolute Gasteiger partial charge is 0.253 e. The lowest BCUT2D eigenvalue weighted by Gasteiger charge is -2.27. The van der Waals surface area contributed by atoms with Gasteiger partial charge < -0.3 is 4.90 Å². The molecular formula is C21H24N2O3. The Kier molecular flexibility index (Phi) is 4.39. The summed E-state index contributed by atoms with van der Waals surface area (Å²) in [5, 5.41) is 0. The van der Waals surface area contributed by atoms with Crippen LogP contribution in [-0.4, -0.2) is 35.7 Å². The zero-order chi connectivity index (χ0) is 18.3. The maximum Gasteiger partial charge on any atom is 0.253 e. The number of nitrogens with zero attached hydrogens (tertiary/aromatic N) is 2. The van der Waals surface area contributed by atoms with E-state index in [1.807, 2.05) is 24.0 Å². The predicted molar refractivity (Wildman–Crippen MR) is 98.6 cm³/mol. The fourth-order valence-corrected chi connectivity index (χ4v) is 4.43. The van der Waals surface area contributed by atoms with Crippen molar-refractivity contribution in [3.05, 3.63) is 42.0 Å². The van der Waals surface area contributed by atoms with Crippen molar-refractivity contribution >= 4 is 23.4 Å². The highest BCUT2D eigenvalue weighted by Crippen LogP contribution is 2.40. The van der Waals surface area contributed by atoms with Gasteiger partial charge in [-0.15, -0.1) is 0 Å². The third kappa shape index (κ3) is 2.75. The van der Waals surface area contributed by atoms with Crippen molar-refractivity contribution in [2.45, 2.75) is 32.6 Å². The summed E-state index contributed by atoms with van der Waals surface area (Å²) in [4.78, 5) is 41.4. The summed E-state index contributed by atoms with van der Waals surface area (Å²) < 4.78 is 0. The van der Waals surface area contributed by atoms with E-state index in [0.29, 0.717) is 17.7 Å². The number of benzene rings is 1. The number of hydrogen-bond donors (Lipinski definition) is 0. The van der Waals surface area contributed by atoms with Crippen molar-refractivity contribution in [2.75, 3.05) is 18.0 Å². The van der Waals surface area contributed by atoms with Gasteiger partial charge in [0.1, 0.15) is 0 Å². The molecule has 0 aromatic heterocycles. The molecule has 0 bridgehead atoms. The number of piperidine rings is 1. The van der Waals surface area contributed by atoms with Crippen molar-refractivity contribution in [3.63, 3.8) is 0 Å². The molecule has 0 saturated carbocycles. The molecule has 2 aliphatic heterocycles. The van der Waals surface area contributed by atoms with Gasteiger partial charge in [0.25, 0.3) is 5.91 Å². The maximum absolute atomic E-state index is 12.8. The van der Waals surface area contributed by atoms with Gasteiger partial charge >= 0.3 is 0 Å². The molecule has 0 N–H and O–H groups in total. The molecule has 26 heavy (non-hydrogen) atoms. The minimum absolute atomic E-state index is 0.0295. The van der Waals surface area contributed by atoms with Crippen LogP contribution in [0.3, 0.4) is 0 Å². The van der Waals surface area contributed by atoms with Gasteiger partial charge in [-0.25, -0.2) is 0 Å². The van der Waals surface area contributed by atoms with Crippen LogP contribution in [0.4, 0.5) is 5.69 Å². The number of hydrogen-bond acceptors (Lipinski definition) is 3. The summed E-state index contributed by atoms with van der Waals surface area (Å²) in [6.07, 6.45) is 7.93. The molecule has 136 valence electrons. The Morgan fingerprint density at radius 3 is 2.35 bits per heavy atom. The van der Waals surface area contributed by atoms with Crippen LogP contribution in [0.15, 0.2) is 36.4 Å². The first-order chi connectivity index (χ1) is 12.6. The summed E-state index contributed by atoms with van der Waals surface area (Å²) in [6, 6.07) is 6.91. The molecule has 2 saturated heterocycles. The molecule has 0 spiro atoms. The van der Waals surface area contributed by atoms with E-state index in [9.17, 15) is 14.4 Å². The molecule has 3 aliphatic rings. The molecule has 1 aromatic carbocycles. The van der Waals surface area contributed by atoms with Gasteiger partial charge in [0.15, 0.2) is 0 Å². The Morgan fingerprint density at radius 1 is 1.00 bits per heavy atom. The van der Waals surface area contributed by atoms with Crippen LogP contribution in [0.2, 0.25) is 0 Å². The number of carbonyl (C=O) groups excluding carboxylic acids is 3. The summed E-state index contributed by atoms with van der Waals surface area (Å²) >= 11 is 0. The van der Waals surface area contributed by atoms with Crippen LogP contribution in [0.25, 0.3) is 0 Å². The Hall–Kier alpha value is -2.43. The standard InChI is InChI=1S/C21H24N2O3/c1-14-6-5-7-17-18(14)21(26)23(20(17)25)16-10-8-15(9-11-16)19(24)22-12-3-2-4-13-22/h5-6,8-11,14,17-18H,2-4,7,12-13H2,1H3/t14-,17-,18+/m1/s1. The first-order valence-corrected chi connectivity index (χ1v) is 9.52. The summed E-state index contributed by atoms with van der Waals surface area (Å²) in [7, 11) is 0. The topological polar surface area (TPSA) is 57.7 Å². The molecule has 2 heterocycles. The van der Waals surface area contributed by atoms with Crippen molar-refractivity contribution in [3.8, 4) is 0 Å². The van der Waals surface area contributed by atoms with E-state index in [1.165, 1.54) is 11.3 Å². The van der Waals surface area contributed by atoms with Crippen molar-refractivity contribution in [2.24, 2.45) is 17.8 Å². The fourth-order valence-electron chi connectivity index (χ4n) is 4.43. The Bertz CT molecular complexity index is 762. The SMILES string of the molecule is C[C@@H]1C=CC[C@H]2C(=O)N(c3ccc(C(=O)N4CCCCC4)cc3)C(=O)[C@@H]12. The Balaban J connectivity index is 1.54. The number of rotatable bonds is 2. The fraction of sp³-hybridized carbons (Fsp3) is 0.476. The second-order valence-electron chi connectivity index (χ2n) is 7.57. The molecule has 3 amide bonds. The monoisotopic (exact) mass is 352 g/mol. The maximum atomic E-state index is 12.8. The average molecular weight is 352 g/mol. The minimum Gasteiger partial charge on any atom is -0.339 e. The zero-order valence-corrected chi connectivity index (χ0v) is 15.1. The number of fused-ring (bicyclic) bond motifs is 1. The first kappa shape index (κ1) is 17.0. The molecule has 3 atom stereocenters. The summed E-state index contributed by atoms with van der Waals surface area (Å²) in [5.41, 5.74) is 1.18. The molecule has 0 unspecified atom stereocenters. The van der Waals surface area contributed by atoms with Crippen LogP contribution in [-0.2, 0) is 9.59 Å². The molecular weight excluding hydrogens is 328 g/mol. The lowest BCUT2D eigenvalue weighted by Crippen LogP contribution is -2.35. The van der Waals surface area contributed by atoms with Gasteiger partial charge in [0.05, 0.1) is 17.5 Å². The largest absolute Gasteiger partial charge is 0.339 e. The quantitative estimate of drug-likeness (QED) is 0.607. The zero-order valence-electron chi connectivity index (χ0n) is 15.1.